The van der Waals surface area contributed by atoms with Crippen LogP contribution < -0.4 is 20.9 Å². The van der Waals surface area contributed by atoms with E-state index in [0.29, 0.717) is 53.4 Å². The molecule has 0 amide bonds. The zero-order valence-electron chi connectivity index (χ0n) is 29.0. The van der Waals surface area contributed by atoms with Gasteiger partial charge in [0.2, 0.25) is 0 Å². The number of aromatic carboxylic acids is 1. The number of ether oxygens (including phenoxy) is 3. The predicted molar refractivity (Wildman–Crippen MR) is 195 cm³/mol. The van der Waals surface area contributed by atoms with Crippen molar-refractivity contribution in [3.05, 3.63) is 89.0 Å². The molecule has 0 fully saturated rings. The summed E-state index contributed by atoms with van der Waals surface area (Å²) < 4.78 is 16.0. The van der Waals surface area contributed by atoms with E-state index in [0.717, 1.165) is 82.6 Å². The van der Waals surface area contributed by atoms with Crippen molar-refractivity contribution in [1.82, 2.24) is 0 Å². The third-order valence-electron chi connectivity index (χ3n) is 8.16. The monoisotopic (exact) mass is 686 g/mol. The van der Waals surface area contributed by atoms with Gasteiger partial charge in [-0.2, -0.15) is 0 Å². The second kappa shape index (κ2) is 21.8. The lowest BCUT2D eigenvalue weighted by Gasteiger charge is -2.11. The van der Waals surface area contributed by atoms with Crippen molar-refractivity contribution in [3.63, 3.8) is 0 Å². The summed E-state index contributed by atoms with van der Waals surface area (Å²) in [7, 11) is 0. The Morgan fingerprint density at radius 1 is 0.720 bits per heavy atom. The van der Waals surface area contributed by atoms with Gasteiger partial charge in [0.1, 0.15) is 11.5 Å². The average Bonchev–Trinajstić information content (AvgIpc) is 3.09. The lowest BCUT2D eigenvalue weighted by molar-refractivity contribution is -0.134. The normalized spacial score (nSPS) is 11.0. The molecule has 0 saturated carbocycles. The minimum atomic E-state index is -1.00. The van der Waals surface area contributed by atoms with E-state index in [1.54, 1.807) is 60.7 Å². The Balaban J connectivity index is 1.23. The topological polar surface area (TPSA) is 168 Å². The third kappa shape index (κ3) is 14.6. The maximum Gasteiger partial charge on any atom is 0.338 e. The average molecular weight is 687 g/mol. The molecule has 268 valence electrons. The highest BCUT2D eigenvalue weighted by Gasteiger charge is 2.14. The van der Waals surface area contributed by atoms with Gasteiger partial charge in [-0.25, -0.2) is 14.4 Å². The second-order valence-electron chi connectivity index (χ2n) is 12.3. The van der Waals surface area contributed by atoms with E-state index in [4.69, 9.17) is 25.7 Å². The Bertz CT molecular complexity index is 1570. The molecule has 0 aliphatic rings. The number of carboxylic acid groups (broad SMARTS) is 1. The SMILES string of the molecule is CCCCCC(=O)Oc1ccc(OC(=O)/C=C/c2ccc(C(=O)OCCCCCCCCCCCc3c(N)cc(N)cc3C(=O)O)cc2)cc1. The summed E-state index contributed by atoms with van der Waals surface area (Å²) in [5, 5.41) is 9.42. The molecule has 0 heterocycles. The van der Waals surface area contributed by atoms with Crippen LogP contribution in [-0.4, -0.2) is 35.6 Å². The number of nitrogen functional groups attached to an aromatic ring is 2. The molecule has 0 unspecified atom stereocenters. The van der Waals surface area contributed by atoms with Crippen LogP contribution in [0.1, 0.15) is 122 Å². The van der Waals surface area contributed by atoms with Gasteiger partial charge in [0, 0.05) is 23.9 Å². The quantitative estimate of drug-likeness (QED) is 0.0306. The first-order valence-corrected chi connectivity index (χ1v) is 17.5. The van der Waals surface area contributed by atoms with Crippen molar-refractivity contribution in [1.29, 1.82) is 0 Å². The van der Waals surface area contributed by atoms with E-state index in [1.807, 2.05) is 0 Å². The Labute approximate surface area is 294 Å². The molecule has 0 aliphatic carbocycles. The van der Waals surface area contributed by atoms with E-state index < -0.39 is 11.9 Å². The van der Waals surface area contributed by atoms with Gasteiger partial charge in [-0.3, -0.25) is 4.79 Å². The molecule has 0 atom stereocenters. The van der Waals surface area contributed by atoms with Gasteiger partial charge in [-0.15, -0.1) is 0 Å². The largest absolute Gasteiger partial charge is 0.478 e. The van der Waals surface area contributed by atoms with Crippen LogP contribution >= 0.6 is 0 Å². The summed E-state index contributed by atoms with van der Waals surface area (Å²) in [6, 6.07) is 16.1. The predicted octanol–water partition coefficient (Wildman–Crippen LogP) is 8.56. The molecule has 0 spiro atoms. The molecule has 50 heavy (non-hydrogen) atoms. The minimum absolute atomic E-state index is 0.191. The molecule has 3 aromatic carbocycles. The van der Waals surface area contributed by atoms with Crippen LogP contribution in [0.5, 0.6) is 11.5 Å². The molecule has 5 N–H and O–H groups in total. The molecule has 0 saturated heterocycles. The number of rotatable bonds is 22. The molecule has 3 rings (SSSR count). The van der Waals surface area contributed by atoms with E-state index >= 15 is 0 Å². The van der Waals surface area contributed by atoms with Crippen molar-refractivity contribution in [2.45, 2.75) is 96.8 Å². The zero-order chi connectivity index (χ0) is 36.1. The number of carbonyl (C=O) groups is 4. The summed E-state index contributed by atoms with van der Waals surface area (Å²) in [6.45, 7) is 2.43. The van der Waals surface area contributed by atoms with Gasteiger partial charge in [-0.1, -0.05) is 76.8 Å². The summed E-state index contributed by atoms with van der Waals surface area (Å²) >= 11 is 0. The van der Waals surface area contributed by atoms with Crippen molar-refractivity contribution < 1.29 is 38.5 Å². The standard InChI is InChI=1S/C40H50N2O8/c1-2-3-11-15-37(43)49-32-21-23-33(24-22-32)50-38(44)25-18-29-16-19-30(20-17-29)40(47)48-26-13-10-8-6-4-5-7-9-12-14-34-35(39(45)46)27-31(41)28-36(34)42/h16-25,27-28H,2-15,26,41-42H2,1H3,(H,45,46)/b25-18+. The van der Waals surface area contributed by atoms with Crippen LogP contribution in [0.15, 0.2) is 66.7 Å². The van der Waals surface area contributed by atoms with Crippen molar-refractivity contribution in [2.24, 2.45) is 0 Å². The number of carboxylic acids is 1. The number of nitrogens with two attached hydrogens (primary N) is 2. The van der Waals surface area contributed by atoms with Gasteiger partial charge < -0.3 is 30.8 Å². The van der Waals surface area contributed by atoms with E-state index in [1.165, 1.54) is 12.1 Å². The fraction of sp³-hybridized carbons (Fsp3) is 0.400. The highest BCUT2D eigenvalue weighted by atomic mass is 16.5. The van der Waals surface area contributed by atoms with Crippen molar-refractivity contribution in [3.8, 4) is 11.5 Å². The van der Waals surface area contributed by atoms with Gasteiger partial charge in [0.15, 0.2) is 0 Å². The Morgan fingerprint density at radius 2 is 1.32 bits per heavy atom. The second-order valence-corrected chi connectivity index (χ2v) is 12.3. The summed E-state index contributed by atoms with van der Waals surface area (Å²) in [6.07, 6.45) is 15.9. The fourth-order valence-corrected chi connectivity index (χ4v) is 5.40. The van der Waals surface area contributed by atoms with Crippen LogP contribution in [0.3, 0.4) is 0 Å². The number of hydrogen-bond donors (Lipinski definition) is 3. The summed E-state index contributed by atoms with van der Waals surface area (Å²) in [5.41, 5.74) is 14.6. The Hall–Kier alpha value is -5.12. The van der Waals surface area contributed by atoms with Crippen LogP contribution in [0.2, 0.25) is 0 Å². The molecule has 0 bridgehead atoms. The number of unbranched alkanes of at least 4 members (excludes halogenated alkanes) is 10. The highest BCUT2D eigenvalue weighted by Crippen LogP contribution is 2.24. The highest BCUT2D eigenvalue weighted by molar-refractivity contribution is 5.93. The molecule has 0 radical (unpaired) electrons. The maximum absolute atomic E-state index is 12.4. The minimum Gasteiger partial charge on any atom is -0.478 e. The summed E-state index contributed by atoms with van der Waals surface area (Å²) in [4.78, 5) is 48.0. The van der Waals surface area contributed by atoms with E-state index in [-0.39, 0.29) is 17.5 Å². The third-order valence-corrected chi connectivity index (χ3v) is 8.16. The first-order chi connectivity index (χ1) is 24.2. The van der Waals surface area contributed by atoms with Crippen molar-refractivity contribution in [2.75, 3.05) is 18.1 Å². The molecule has 3 aromatic rings. The zero-order valence-corrected chi connectivity index (χ0v) is 29.0. The Morgan fingerprint density at radius 3 is 1.94 bits per heavy atom. The molecule has 0 aliphatic heterocycles. The van der Waals surface area contributed by atoms with Crippen LogP contribution in [0.4, 0.5) is 11.4 Å². The molecular weight excluding hydrogens is 636 g/mol. The fourth-order valence-electron chi connectivity index (χ4n) is 5.40. The van der Waals surface area contributed by atoms with Gasteiger partial charge in [0.05, 0.1) is 17.7 Å². The first kappa shape index (κ1) is 39.3. The number of carbonyl (C=O) groups excluding carboxylic acids is 3. The number of benzene rings is 3. The molecule has 10 nitrogen and oxygen atoms in total. The van der Waals surface area contributed by atoms with Crippen molar-refractivity contribution >= 4 is 41.3 Å². The first-order valence-electron chi connectivity index (χ1n) is 17.5. The lowest BCUT2D eigenvalue weighted by atomic mass is 9.98. The van der Waals surface area contributed by atoms with Gasteiger partial charge in [0.25, 0.3) is 0 Å². The lowest BCUT2D eigenvalue weighted by Crippen LogP contribution is -2.07. The number of esters is 3. The summed E-state index contributed by atoms with van der Waals surface area (Å²) in [5.74, 6) is -1.51. The number of hydrogen-bond acceptors (Lipinski definition) is 9. The van der Waals surface area contributed by atoms with Gasteiger partial charge in [-0.05, 0) is 91.4 Å². The molecule has 0 aromatic heterocycles. The van der Waals surface area contributed by atoms with E-state index in [9.17, 15) is 24.3 Å². The van der Waals surface area contributed by atoms with Crippen LogP contribution in [0.25, 0.3) is 6.08 Å². The van der Waals surface area contributed by atoms with E-state index in [2.05, 4.69) is 6.92 Å². The van der Waals surface area contributed by atoms with Crippen LogP contribution in [0, 0.1) is 0 Å². The number of anilines is 2. The maximum atomic E-state index is 12.4. The Kier molecular flexibility index (Phi) is 17.1. The smallest absolute Gasteiger partial charge is 0.338 e. The molecule has 10 heteroatoms. The van der Waals surface area contributed by atoms with Gasteiger partial charge >= 0.3 is 23.9 Å². The molecular formula is C40H50N2O8. The van der Waals surface area contributed by atoms with Crippen LogP contribution in [-0.2, 0) is 20.7 Å².